The van der Waals surface area contributed by atoms with E-state index in [1.165, 1.54) is 5.56 Å². The van der Waals surface area contributed by atoms with Crippen molar-refractivity contribution in [1.82, 2.24) is 10.2 Å². The second kappa shape index (κ2) is 8.48. The van der Waals surface area contributed by atoms with Crippen molar-refractivity contribution >= 4 is 17.7 Å². The number of thioether (sulfide) groups is 1. The zero-order valence-corrected chi connectivity index (χ0v) is 15.6. The number of hydrogen-bond acceptors (Lipinski definition) is 3. The maximum Gasteiger partial charge on any atom is 0.193 e. The Kier molecular flexibility index (Phi) is 6.63. The first-order chi connectivity index (χ1) is 11.1. The molecule has 23 heavy (non-hydrogen) atoms. The number of methoxy groups -OCH3 is 1. The summed E-state index contributed by atoms with van der Waals surface area (Å²) in [6, 6.07) is 8.18. The van der Waals surface area contributed by atoms with Gasteiger partial charge in [0.05, 0.1) is 7.11 Å². The van der Waals surface area contributed by atoms with Crippen LogP contribution in [0.5, 0.6) is 5.75 Å². The first-order valence-corrected chi connectivity index (χ1v) is 9.33. The van der Waals surface area contributed by atoms with Crippen LogP contribution in [0.15, 0.2) is 29.3 Å². The monoisotopic (exact) mass is 335 g/mol. The molecule has 0 saturated carbocycles. The van der Waals surface area contributed by atoms with Gasteiger partial charge in [-0.3, -0.25) is 4.99 Å². The molecule has 1 aromatic carbocycles. The number of guanidine groups is 1. The number of aliphatic imine (C=N–C) groups is 1. The zero-order chi connectivity index (χ0) is 16.7. The molecule has 1 aliphatic heterocycles. The molecule has 1 saturated heterocycles. The Morgan fingerprint density at radius 2 is 2.17 bits per heavy atom. The van der Waals surface area contributed by atoms with Gasteiger partial charge in [0.2, 0.25) is 0 Å². The Morgan fingerprint density at radius 3 is 2.87 bits per heavy atom. The fourth-order valence-corrected chi connectivity index (χ4v) is 3.93. The number of nitrogens with one attached hydrogen (secondary N) is 1. The van der Waals surface area contributed by atoms with Gasteiger partial charge in [0, 0.05) is 36.7 Å². The number of ether oxygens (including phenoxy) is 1. The van der Waals surface area contributed by atoms with Crippen molar-refractivity contribution in [3.05, 3.63) is 29.8 Å². The summed E-state index contributed by atoms with van der Waals surface area (Å²) in [6.07, 6.45) is 0.894. The number of nitrogens with zero attached hydrogens (tertiary/aromatic N) is 2. The highest BCUT2D eigenvalue weighted by Gasteiger charge is 2.28. The molecule has 5 heteroatoms. The van der Waals surface area contributed by atoms with E-state index in [2.05, 4.69) is 43.1 Å². The van der Waals surface area contributed by atoms with E-state index in [1.807, 2.05) is 23.9 Å². The summed E-state index contributed by atoms with van der Waals surface area (Å²) in [4.78, 5) is 7.23. The number of benzene rings is 1. The molecule has 0 amide bonds. The fourth-order valence-electron chi connectivity index (χ4n) is 2.81. The second-order valence-corrected chi connectivity index (χ2v) is 8.13. The molecule has 1 fully saturated rings. The molecule has 4 nitrogen and oxygen atoms in total. The molecular formula is C18H29N3OS. The molecule has 1 aliphatic rings. The summed E-state index contributed by atoms with van der Waals surface area (Å²) in [5.41, 5.74) is 1.21. The second-order valence-electron chi connectivity index (χ2n) is 6.33. The lowest BCUT2D eigenvalue weighted by atomic mass is 10.1. The van der Waals surface area contributed by atoms with Gasteiger partial charge in [-0.05, 0) is 38.8 Å². The average molecular weight is 336 g/mol. The van der Waals surface area contributed by atoms with Crippen LogP contribution in [0.4, 0.5) is 0 Å². The standard InChI is InChI=1S/C18H29N3OS/c1-5-19-17(21-12-13-23-18(2,3)14-21)20-11-10-15-8-6-7-9-16(15)22-4/h6-9H,5,10-14H2,1-4H3,(H,19,20). The Labute approximate surface area is 144 Å². The highest BCUT2D eigenvalue weighted by Crippen LogP contribution is 2.29. The summed E-state index contributed by atoms with van der Waals surface area (Å²) < 4.78 is 5.71. The van der Waals surface area contributed by atoms with Gasteiger partial charge >= 0.3 is 0 Å². The van der Waals surface area contributed by atoms with E-state index in [0.717, 1.165) is 50.1 Å². The third kappa shape index (κ3) is 5.34. The molecule has 0 spiro atoms. The van der Waals surface area contributed by atoms with Crippen LogP contribution in [-0.4, -0.2) is 54.6 Å². The molecule has 0 radical (unpaired) electrons. The quantitative estimate of drug-likeness (QED) is 0.663. The van der Waals surface area contributed by atoms with Gasteiger partial charge in [0.25, 0.3) is 0 Å². The smallest absolute Gasteiger partial charge is 0.193 e. The summed E-state index contributed by atoms with van der Waals surface area (Å²) in [6.45, 7) is 10.5. The van der Waals surface area contributed by atoms with Gasteiger partial charge < -0.3 is 15.0 Å². The van der Waals surface area contributed by atoms with E-state index in [9.17, 15) is 0 Å². The first-order valence-electron chi connectivity index (χ1n) is 8.35. The van der Waals surface area contributed by atoms with E-state index >= 15 is 0 Å². The molecule has 0 atom stereocenters. The molecule has 0 aliphatic carbocycles. The van der Waals surface area contributed by atoms with Crippen molar-refractivity contribution in [2.75, 3.05) is 39.0 Å². The topological polar surface area (TPSA) is 36.9 Å². The maximum atomic E-state index is 5.42. The highest BCUT2D eigenvalue weighted by atomic mass is 32.2. The largest absolute Gasteiger partial charge is 0.496 e. The lowest BCUT2D eigenvalue weighted by Crippen LogP contribution is -2.51. The molecular weight excluding hydrogens is 306 g/mol. The van der Waals surface area contributed by atoms with Crippen LogP contribution in [0.25, 0.3) is 0 Å². The van der Waals surface area contributed by atoms with Crippen LogP contribution in [0.3, 0.4) is 0 Å². The number of para-hydroxylation sites is 1. The SMILES string of the molecule is CCNC(=NCCc1ccccc1OC)N1CCSC(C)(C)C1. The van der Waals surface area contributed by atoms with Gasteiger partial charge in [-0.1, -0.05) is 18.2 Å². The van der Waals surface area contributed by atoms with Gasteiger partial charge in [0.15, 0.2) is 5.96 Å². The minimum absolute atomic E-state index is 0.289. The summed E-state index contributed by atoms with van der Waals surface area (Å²) in [7, 11) is 1.72. The summed E-state index contributed by atoms with van der Waals surface area (Å²) in [5, 5.41) is 3.44. The average Bonchev–Trinajstić information content (AvgIpc) is 2.53. The normalized spacial score (nSPS) is 17.9. The highest BCUT2D eigenvalue weighted by molar-refractivity contribution is 8.00. The van der Waals surface area contributed by atoms with E-state index in [1.54, 1.807) is 7.11 Å². The third-order valence-corrected chi connectivity index (χ3v) is 5.19. The van der Waals surface area contributed by atoms with Gasteiger partial charge in [-0.25, -0.2) is 0 Å². The Balaban J connectivity index is 2.01. The Bertz CT molecular complexity index is 531. The minimum atomic E-state index is 0.289. The summed E-state index contributed by atoms with van der Waals surface area (Å²) >= 11 is 2.04. The van der Waals surface area contributed by atoms with Crippen molar-refractivity contribution in [1.29, 1.82) is 0 Å². The lowest BCUT2D eigenvalue weighted by Gasteiger charge is -2.39. The molecule has 1 heterocycles. The van der Waals surface area contributed by atoms with Crippen LogP contribution in [-0.2, 0) is 6.42 Å². The Morgan fingerprint density at radius 1 is 1.39 bits per heavy atom. The van der Waals surface area contributed by atoms with Crippen molar-refractivity contribution in [2.45, 2.75) is 31.9 Å². The maximum absolute atomic E-state index is 5.42. The van der Waals surface area contributed by atoms with Crippen LogP contribution in [0.2, 0.25) is 0 Å². The van der Waals surface area contributed by atoms with Crippen molar-refractivity contribution < 1.29 is 4.74 Å². The van der Waals surface area contributed by atoms with E-state index in [0.29, 0.717) is 0 Å². The number of rotatable bonds is 5. The fraction of sp³-hybridized carbons (Fsp3) is 0.611. The predicted octanol–water partition coefficient (Wildman–Crippen LogP) is 3.03. The molecule has 2 rings (SSSR count). The molecule has 0 unspecified atom stereocenters. The van der Waals surface area contributed by atoms with E-state index < -0.39 is 0 Å². The molecule has 0 bridgehead atoms. The van der Waals surface area contributed by atoms with Crippen molar-refractivity contribution in [3.8, 4) is 5.75 Å². The van der Waals surface area contributed by atoms with Crippen LogP contribution < -0.4 is 10.1 Å². The molecule has 128 valence electrons. The third-order valence-electron chi connectivity index (χ3n) is 3.90. The van der Waals surface area contributed by atoms with Crippen LogP contribution >= 0.6 is 11.8 Å². The molecule has 0 aromatic heterocycles. The van der Waals surface area contributed by atoms with Gasteiger partial charge in [0.1, 0.15) is 5.75 Å². The number of hydrogen-bond donors (Lipinski definition) is 1. The van der Waals surface area contributed by atoms with E-state index in [-0.39, 0.29) is 4.75 Å². The van der Waals surface area contributed by atoms with Crippen molar-refractivity contribution in [3.63, 3.8) is 0 Å². The van der Waals surface area contributed by atoms with Crippen molar-refractivity contribution in [2.24, 2.45) is 4.99 Å². The molecule has 1 N–H and O–H groups in total. The minimum Gasteiger partial charge on any atom is -0.496 e. The lowest BCUT2D eigenvalue weighted by molar-refractivity contribution is 0.376. The Hall–Kier alpha value is -1.36. The van der Waals surface area contributed by atoms with Gasteiger partial charge in [-0.2, -0.15) is 11.8 Å². The zero-order valence-electron chi connectivity index (χ0n) is 14.8. The first kappa shape index (κ1) is 18.0. The van der Waals surface area contributed by atoms with Crippen LogP contribution in [0, 0.1) is 0 Å². The van der Waals surface area contributed by atoms with E-state index in [4.69, 9.17) is 9.73 Å². The molecule has 1 aromatic rings. The van der Waals surface area contributed by atoms with Crippen LogP contribution in [0.1, 0.15) is 26.3 Å². The summed E-state index contributed by atoms with van der Waals surface area (Å²) in [5.74, 6) is 3.14. The van der Waals surface area contributed by atoms with Gasteiger partial charge in [-0.15, -0.1) is 0 Å². The predicted molar refractivity (Wildman–Crippen MR) is 101 cm³/mol.